The summed E-state index contributed by atoms with van der Waals surface area (Å²) in [5.41, 5.74) is 3.84. The summed E-state index contributed by atoms with van der Waals surface area (Å²) in [5, 5.41) is 31.9. The second-order valence-electron chi connectivity index (χ2n) is 6.32. The number of anilines is 1. The van der Waals surface area contributed by atoms with Crippen LogP contribution in [0.25, 0.3) is 0 Å². The number of carboxylic acid groups (broad SMARTS) is 1. The fourth-order valence-electron chi connectivity index (χ4n) is 2.62. The van der Waals surface area contributed by atoms with Gasteiger partial charge in [-0.3, -0.25) is 5.43 Å². The molecule has 158 valence electrons. The van der Waals surface area contributed by atoms with Gasteiger partial charge in [-0.1, -0.05) is 42.5 Å². The van der Waals surface area contributed by atoms with Crippen molar-refractivity contribution in [3.8, 4) is 5.75 Å². The van der Waals surface area contributed by atoms with E-state index in [2.05, 4.69) is 20.8 Å². The first-order valence-electron chi connectivity index (χ1n) is 8.94. The van der Waals surface area contributed by atoms with Gasteiger partial charge in [-0.15, -0.1) is 10.2 Å². The lowest BCUT2D eigenvalue weighted by atomic mass is 10.2. The number of hydrogen-bond donors (Lipinski definition) is 4. The molecule has 0 aliphatic rings. The van der Waals surface area contributed by atoms with Gasteiger partial charge >= 0.3 is 5.97 Å². The number of azo groups is 1. The Morgan fingerprint density at radius 2 is 1.71 bits per heavy atom. The van der Waals surface area contributed by atoms with Gasteiger partial charge in [-0.25, -0.2) is 9.00 Å². The van der Waals surface area contributed by atoms with E-state index in [-0.39, 0.29) is 33.4 Å². The molecule has 3 aromatic carbocycles. The molecular formula is C21H18N4O5S. The summed E-state index contributed by atoms with van der Waals surface area (Å²) in [7, 11) is 0. The first kappa shape index (κ1) is 21.8. The highest BCUT2D eigenvalue weighted by Crippen LogP contribution is 2.30. The highest BCUT2D eigenvalue weighted by atomic mass is 32.2. The van der Waals surface area contributed by atoms with Gasteiger partial charge in [0.15, 0.2) is 11.1 Å². The third kappa shape index (κ3) is 5.38. The Morgan fingerprint density at radius 1 is 1.03 bits per heavy atom. The van der Waals surface area contributed by atoms with Crippen molar-refractivity contribution in [2.45, 2.75) is 11.8 Å². The number of hydrazone groups is 1. The van der Waals surface area contributed by atoms with Crippen LogP contribution >= 0.6 is 0 Å². The van der Waals surface area contributed by atoms with Gasteiger partial charge < -0.3 is 14.8 Å². The number of nitrogens with zero attached hydrogens (tertiary/aromatic N) is 3. The number of rotatable bonds is 6. The van der Waals surface area contributed by atoms with Gasteiger partial charge in [0.25, 0.3) is 0 Å². The summed E-state index contributed by atoms with van der Waals surface area (Å²) in [4.78, 5) is 11.5. The predicted octanol–water partition coefficient (Wildman–Crippen LogP) is 4.54. The Morgan fingerprint density at radius 3 is 2.39 bits per heavy atom. The Balaban J connectivity index is 2.01. The molecule has 9 nitrogen and oxygen atoms in total. The Kier molecular flexibility index (Phi) is 6.85. The van der Waals surface area contributed by atoms with E-state index in [1.54, 1.807) is 49.4 Å². The van der Waals surface area contributed by atoms with Crippen molar-refractivity contribution >= 4 is 34.3 Å². The number of carbonyl (C=O) groups is 1. The van der Waals surface area contributed by atoms with E-state index < -0.39 is 17.0 Å². The van der Waals surface area contributed by atoms with Gasteiger partial charge in [0.05, 0.1) is 16.1 Å². The van der Waals surface area contributed by atoms with Crippen LogP contribution in [-0.2, 0) is 11.1 Å². The molecule has 0 heterocycles. The molecule has 31 heavy (non-hydrogen) atoms. The molecule has 1 atom stereocenters. The highest BCUT2D eigenvalue weighted by molar-refractivity contribution is 7.79. The maximum absolute atomic E-state index is 11.4. The average Bonchev–Trinajstić information content (AvgIpc) is 2.77. The van der Waals surface area contributed by atoms with Crippen molar-refractivity contribution in [1.82, 2.24) is 0 Å². The molecule has 0 amide bonds. The molecule has 0 fully saturated rings. The minimum Gasteiger partial charge on any atom is -0.505 e. The zero-order valence-corrected chi connectivity index (χ0v) is 17.1. The highest BCUT2D eigenvalue weighted by Gasteiger charge is 2.12. The number of phenolic OH excluding ortho intramolecular Hbond substituents is 1. The summed E-state index contributed by atoms with van der Waals surface area (Å²) in [6.07, 6.45) is 0. The fourth-order valence-corrected chi connectivity index (χ4v) is 3.12. The van der Waals surface area contributed by atoms with Crippen LogP contribution in [0.2, 0.25) is 0 Å². The van der Waals surface area contributed by atoms with Crippen LogP contribution in [0.15, 0.2) is 87.0 Å². The van der Waals surface area contributed by atoms with Gasteiger partial charge in [-0.2, -0.15) is 5.10 Å². The number of benzene rings is 3. The second-order valence-corrected chi connectivity index (χ2v) is 7.29. The lowest BCUT2D eigenvalue weighted by Gasteiger charge is -2.09. The maximum Gasteiger partial charge on any atom is 0.337 e. The van der Waals surface area contributed by atoms with Crippen molar-refractivity contribution < 1.29 is 23.8 Å². The number of aromatic carboxylic acids is 1. The molecule has 1 unspecified atom stereocenters. The van der Waals surface area contributed by atoms with Crippen molar-refractivity contribution in [3.05, 3.63) is 83.4 Å². The molecule has 0 aromatic heterocycles. The molecule has 3 aromatic rings. The fraction of sp³-hybridized carbons (Fsp3) is 0.0476. The monoisotopic (exact) mass is 438 g/mol. The van der Waals surface area contributed by atoms with Crippen molar-refractivity contribution in [2.75, 3.05) is 5.43 Å². The Bertz CT molecular complexity index is 1200. The minimum absolute atomic E-state index is 0.0157. The first-order valence-corrected chi connectivity index (χ1v) is 10.0. The summed E-state index contributed by atoms with van der Waals surface area (Å²) in [6.45, 7) is 1.58. The molecule has 0 spiro atoms. The van der Waals surface area contributed by atoms with E-state index in [1.165, 1.54) is 24.3 Å². The van der Waals surface area contributed by atoms with E-state index in [4.69, 9.17) is 0 Å². The second kappa shape index (κ2) is 9.74. The summed E-state index contributed by atoms with van der Waals surface area (Å²) in [6, 6.07) is 17.6. The van der Waals surface area contributed by atoms with E-state index in [9.17, 15) is 23.8 Å². The molecule has 0 bridgehead atoms. The lowest BCUT2D eigenvalue weighted by Crippen LogP contribution is -2.03. The number of aryl methyl sites for hydroxylation is 1. The predicted molar refractivity (Wildman–Crippen MR) is 116 cm³/mol. The van der Waals surface area contributed by atoms with Gasteiger partial charge in [0.1, 0.15) is 11.4 Å². The number of amidine groups is 1. The molecule has 0 saturated carbocycles. The van der Waals surface area contributed by atoms with Gasteiger partial charge in [-0.05, 0) is 36.8 Å². The smallest absolute Gasteiger partial charge is 0.337 e. The van der Waals surface area contributed by atoms with Crippen LogP contribution < -0.4 is 5.43 Å². The molecule has 0 saturated heterocycles. The third-order valence-electron chi connectivity index (χ3n) is 4.18. The number of phenols is 1. The topological polar surface area (TPSA) is 144 Å². The van der Waals surface area contributed by atoms with E-state index in [0.717, 1.165) is 0 Å². The third-order valence-corrected chi connectivity index (χ3v) is 4.82. The zero-order valence-electron chi connectivity index (χ0n) is 16.3. The largest absolute Gasteiger partial charge is 0.505 e. The van der Waals surface area contributed by atoms with Crippen molar-refractivity contribution in [3.63, 3.8) is 0 Å². The van der Waals surface area contributed by atoms with Crippen LogP contribution in [0, 0.1) is 6.92 Å². The van der Waals surface area contributed by atoms with Gasteiger partial charge in [0.2, 0.25) is 5.84 Å². The lowest BCUT2D eigenvalue weighted by molar-refractivity contribution is 0.0697. The number of nitrogens with one attached hydrogen (secondary N) is 1. The molecule has 0 aliphatic heterocycles. The summed E-state index contributed by atoms with van der Waals surface area (Å²) in [5.74, 6) is -1.17. The van der Waals surface area contributed by atoms with Crippen molar-refractivity contribution in [1.29, 1.82) is 0 Å². The molecule has 0 radical (unpaired) electrons. The SMILES string of the molecule is Cc1cc(S(=O)O)cc(NN=C(N=Nc2ccccc2C(=O)O)c2ccccc2)c1O. The van der Waals surface area contributed by atoms with Crippen LogP contribution in [-0.4, -0.2) is 30.8 Å². The normalized spacial score (nSPS) is 12.6. The van der Waals surface area contributed by atoms with Crippen molar-refractivity contribution in [2.24, 2.45) is 15.3 Å². The molecule has 3 rings (SSSR count). The maximum atomic E-state index is 11.4. The first-order chi connectivity index (χ1) is 14.9. The molecule has 0 aliphatic carbocycles. The van der Waals surface area contributed by atoms with Crippen LogP contribution in [0.3, 0.4) is 0 Å². The number of hydrogen-bond acceptors (Lipinski definition) is 6. The van der Waals surface area contributed by atoms with Crippen LogP contribution in [0.5, 0.6) is 5.75 Å². The molecule has 4 N–H and O–H groups in total. The molecule has 10 heteroatoms. The van der Waals surface area contributed by atoms with E-state index in [1.807, 2.05) is 0 Å². The Hall–Kier alpha value is -3.89. The molecular weight excluding hydrogens is 420 g/mol. The van der Waals surface area contributed by atoms with E-state index in [0.29, 0.717) is 11.1 Å². The quantitative estimate of drug-likeness (QED) is 0.111. The summed E-state index contributed by atoms with van der Waals surface area (Å²) >= 11 is -2.24. The standard InChI is InChI=1S/C21H18N4O5S/c1-13-11-15(31(29)30)12-18(19(13)26)23-25-20(14-7-3-2-4-8-14)24-22-17-10-6-5-9-16(17)21(27)28/h2-12,23,26H,1H3,(H,27,28)(H,29,30). The van der Waals surface area contributed by atoms with Crippen LogP contribution in [0.4, 0.5) is 11.4 Å². The summed E-state index contributed by atoms with van der Waals surface area (Å²) < 4.78 is 20.8. The minimum atomic E-state index is -2.24. The number of aromatic hydroxyl groups is 1. The average molecular weight is 438 g/mol. The Labute approximate surface area is 180 Å². The number of carboxylic acids is 1. The van der Waals surface area contributed by atoms with E-state index >= 15 is 0 Å². The van der Waals surface area contributed by atoms with Crippen LogP contribution in [0.1, 0.15) is 21.5 Å². The van der Waals surface area contributed by atoms with Gasteiger partial charge in [0, 0.05) is 5.56 Å². The zero-order chi connectivity index (χ0) is 22.4.